The van der Waals surface area contributed by atoms with Crippen molar-refractivity contribution in [2.24, 2.45) is 0 Å². The molecule has 0 saturated carbocycles. The molecule has 2 aromatic carbocycles. The molecule has 0 aliphatic rings. The molecule has 0 atom stereocenters. The van der Waals surface area contributed by atoms with Crippen molar-refractivity contribution >= 4 is 33.2 Å². The third-order valence-electron chi connectivity index (χ3n) is 4.23. The smallest absolute Gasteiger partial charge is 0.264 e. The van der Waals surface area contributed by atoms with Gasteiger partial charge in [-0.15, -0.1) is 0 Å². The zero-order chi connectivity index (χ0) is 21.3. The zero-order valence-electron chi connectivity index (χ0n) is 16.7. The highest BCUT2D eigenvalue weighted by Crippen LogP contribution is 2.32. The Bertz CT molecular complexity index is 901. The predicted molar refractivity (Wildman–Crippen MR) is 116 cm³/mol. The van der Waals surface area contributed by atoms with Crippen LogP contribution in [0.2, 0.25) is 5.02 Å². The molecule has 2 rings (SSSR count). The van der Waals surface area contributed by atoms with Crippen molar-refractivity contribution < 1.29 is 17.9 Å². The molecule has 0 aliphatic carbocycles. The van der Waals surface area contributed by atoms with E-state index in [0.717, 1.165) is 23.6 Å². The normalized spacial score (nSPS) is 11.1. The summed E-state index contributed by atoms with van der Waals surface area (Å²) in [6.45, 7) is 4.42. The number of benzene rings is 2. The van der Waals surface area contributed by atoms with Gasteiger partial charge in [0.15, 0.2) is 0 Å². The van der Waals surface area contributed by atoms with Crippen LogP contribution in [0, 0.1) is 0 Å². The van der Waals surface area contributed by atoms with Gasteiger partial charge >= 0.3 is 0 Å². The van der Waals surface area contributed by atoms with Gasteiger partial charge in [-0.1, -0.05) is 43.5 Å². The Morgan fingerprint density at radius 2 is 1.76 bits per heavy atom. The van der Waals surface area contributed by atoms with E-state index < -0.39 is 10.0 Å². The molecule has 29 heavy (non-hydrogen) atoms. The number of hydrogen-bond donors (Lipinski definition) is 1. The summed E-state index contributed by atoms with van der Waals surface area (Å²) in [6.07, 6.45) is 2.89. The Kier molecular flexibility index (Phi) is 8.79. The van der Waals surface area contributed by atoms with Gasteiger partial charge in [0, 0.05) is 11.6 Å². The van der Waals surface area contributed by atoms with Crippen molar-refractivity contribution in [3.8, 4) is 5.75 Å². The first kappa shape index (κ1) is 23.0. The summed E-state index contributed by atoms with van der Waals surface area (Å²) in [6, 6.07) is 12.6. The van der Waals surface area contributed by atoms with Gasteiger partial charge in [-0.2, -0.15) is 0 Å². The third-order valence-corrected chi connectivity index (χ3v) is 6.25. The average molecular weight is 439 g/mol. The van der Waals surface area contributed by atoms with Crippen LogP contribution in [0.4, 0.5) is 5.69 Å². The van der Waals surface area contributed by atoms with Crippen LogP contribution in [0.1, 0.15) is 33.1 Å². The second kappa shape index (κ2) is 11.1. The Morgan fingerprint density at radius 3 is 2.41 bits per heavy atom. The molecule has 1 amide bonds. The number of nitrogens with one attached hydrogen (secondary N) is 1. The number of hydrogen-bond acceptors (Lipinski definition) is 4. The second-order valence-electron chi connectivity index (χ2n) is 6.42. The number of rotatable bonds is 11. The summed E-state index contributed by atoms with van der Waals surface area (Å²) in [7, 11) is -4.01. The molecule has 0 saturated heterocycles. The van der Waals surface area contributed by atoms with Crippen LogP contribution < -0.4 is 14.4 Å². The Hall–Kier alpha value is -2.25. The minimum Gasteiger partial charge on any atom is -0.492 e. The first-order valence-corrected chi connectivity index (χ1v) is 11.5. The topological polar surface area (TPSA) is 75.7 Å². The van der Waals surface area contributed by atoms with Crippen LogP contribution in [0.25, 0.3) is 0 Å². The Labute approximate surface area is 177 Å². The molecule has 2 aromatic rings. The maximum Gasteiger partial charge on any atom is 0.264 e. The molecule has 0 unspecified atom stereocenters. The number of anilines is 1. The lowest BCUT2D eigenvalue weighted by atomic mass is 10.2. The van der Waals surface area contributed by atoms with Crippen molar-refractivity contribution in [2.45, 2.75) is 38.0 Å². The molecular formula is C21H27ClN2O4S. The Morgan fingerprint density at radius 1 is 1.07 bits per heavy atom. The van der Waals surface area contributed by atoms with E-state index >= 15 is 0 Å². The number of carbonyl (C=O) groups excluding carboxylic acids is 1. The van der Waals surface area contributed by atoms with Crippen molar-refractivity contribution in [2.75, 3.05) is 24.0 Å². The fourth-order valence-corrected chi connectivity index (χ4v) is 4.32. The molecule has 0 aromatic heterocycles. The minimum absolute atomic E-state index is 0.0481. The lowest BCUT2D eigenvalue weighted by molar-refractivity contribution is -0.119. The van der Waals surface area contributed by atoms with E-state index in [1.807, 2.05) is 6.92 Å². The number of amides is 1. The zero-order valence-corrected chi connectivity index (χ0v) is 18.3. The lowest BCUT2D eigenvalue weighted by Gasteiger charge is -2.26. The first-order valence-electron chi connectivity index (χ1n) is 9.67. The van der Waals surface area contributed by atoms with E-state index in [9.17, 15) is 13.2 Å². The molecule has 8 heteroatoms. The van der Waals surface area contributed by atoms with Gasteiger partial charge in [0.25, 0.3) is 10.0 Å². The van der Waals surface area contributed by atoms with Crippen LogP contribution in [0.3, 0.4) is 0 Å². The van der Waals surface area contributed by atoms with Crippen LogP contribution in [0.5, 0.6) is 5.75 Å². The molecule has 0 spiro atoms. The van der Waals surface area contributed by atoms with Crippen LogP contribution in [-0.2, 0) is 14.8 Å². The fraction of sp³-hybridized carbons (Fsp3) is 0.381. The number of para-hydroxylation sites is 2. The minimum atomic E-state index is -4.01. The molecule has 0 aliphatic heterocycles. The molecule has 0 heterocycles. The van der Waals surface area contributed by atoms with Crippen LogP contribution >= 0.6 is 11.6 Å². The average Bonchev–Trinajstić information content (AvgIpc) is 2.70. The number of unbranched alkanes of at least 4 members (excludes halogenated alkanes) is 2. The lowest BCUT2D eigenvalue weighted by Crippen LogP contribution is -2.41. The van der Waals surface area contributed by atoms with E-state index in [1.165, 1.54) is 24.3 Å². The molecule has 158 valence electrons. The highest BCUT2D eigenvalue weighted by molar-refractivity contribution is 7.92. The Balaban J connectivity index is 2.38. The van der Waals surface area contributed by atoms with E-state index in [4.69, 9.17) is 16.3 Å². The summed E-state index contributed by atoms with van der Waals surface area (Å²) in [4.78, 5) is 12.6. The maximum absolute atomic E-state index is 13.4. The van der Waals surface area contributed by atoms with Gasteiger partial charge < -0.3 is 10.1 Å². The first-order chi connectivity index (χ1) is 13.9. The van der Waals surface area contributed by atoms with Crippen molar-refractivity contribution in [3.63, 3.8) is 0 Å². The van der Waals surface area contributed by atoms with Crippen LogP contribution in [0.15, 0.2) is 53.4 Å². The SMILES string of the molecule is CCCCCNC(=O)CN(c1ccccc1OCC)S(=O)(=O)c1ccc(Cl)cc1. The highest BCUT2D eigenvalue weighted by atomic mass is 35.5. The van der Waals surface area contributed by atoms with E-state index in [-0.39, 0.29) is 17.3 Å². The van der Waals surface area contributed by atoms with E-state index in [2.05, 4.69) is 12.2 Å². The molecule has 6 nitrogen and oxygen atoms in total. The van der Waals surface area contributed by atoms with Crippen molar-refractivity contribution in [1.29, 1.82) is 0 Å². The summed E-state index contributed by atoms with van der Waals surface area (Å²) in [5.41, 5.74) is 0.313. The largest absolute Gasteiger partial charge is 0.492 e. The van der Waals surface area contributed by atoms with Gasteiger partial charge in [-0.3, -0.25) is 9.10 Å². The summed E-state index contributed by atoms with van der Waals surface area (Å²) < 4.78 is 33.4. The number of halogens is 1. The van der Waals surface area contributed by atoms with Crippen LogP contribution in [-0.4, -0.2) is 34.0 Å². The van der Waals surface area contributed by atoms with Gasteiger partial charge in [0.2, 0.25) is 5.91 Å². The van der Waals surface area contributed by atoms with Gasteiger partial charge in [-0.05, 0) is 49.7 Å². The number of ether oxygens (including phenoxy) is 1. The van der Waals surface area contributed by atoms with Crippen molar-refractivity contribution in [1.82, 2.24) is 5.32 Å². The third kappa shape index (κ3) is 6.37. The molecule has 0 fully saturated rings. The van der Waals surface area contributed by atoms with E-state index in [0.29, 0.717) is 29.6 Å². The summed E-state index contributed by atoms with van der Waals surface area (Å²) >= 11 is 5.90. The molecule has 1 N–H and O–H groups in total. The summed E-state index contributed by atoms with van der Waals surface area (Å²) in [5, 5.41) is 3.22. The van der Waals surface area contributed by atoms with Gasteiger partial charge in [0.1, 0.15) is 12.3 Å². The number of sulfonamides is 1. The van der Waals surface area contributed by atoms with E-state index in [1.54, 1.807) is 24.3 Å². The maximum atomic E-state index is 13.4. The highest BCUT2D eigenvalue weighted by Gasteiger charge is 2.29. The molecule has 0 radical (unpaired) electrons. The monoisotopic (exact) mass is 438 g/mol. The molecule has 0 bridgehead atoms. The number of nitrogens with zero attached hydrogens (tertiary/aromatic N) is 1. The second-order valence-corrected chi connectivity index (χ2v) is 8.72. The predicted octanol–water partition coefficient (Wildman–Crippen LogP) is 4.24. The molecular weight excluding hydrogens is 412 g/mol. The van der Waals surface area contributed by atoms with Gasteiger partial charge in [0.05, 0.1) is 17.2 Å². The van der Waals surface area contributed by atoms with Crippen molar-refractivity contribution in [3.05, 3.63) is 53.6 Å². The quantitative estimate of drug-likeness (QED) is 0.532. The van der Waals surface area contributed by atoms with Gasteiger partial charge in [-0.25, -0.2) is 8.42 Å². The standard InChI is InChI=1S/C21H27ClN2O4S/c1-3-5-8-15-23-21(25)16-24(19-9-6-7-10-20(19)28-4-2)29(26,27)18-13-11-17(22)12-14-18/h6-7,9-14H,3-5,8,15-16H2,1-2H3,(H,23,25). The number of carbonyl (C=O) groups is 1. The fourth-order valence-electron chi connectivity index (χ4n) is 2.76. The summed E-state index contributed by atoms with van der Waals surface area (Å²) in [5.74, 6) is 0.0243.